The van der Waals surface area contributed by atoms with E-state index in [1.54, 1.807) is 0 Å². The van der Waals surface area contributed by atoms with E-state index in [2.05, 4.69) is 31.1 Å². The molecule has 0 atom stereocenters. The summed E-state index contributed by atoms with van der Waals surface area (Å²) in [5, 5.41) is 0. The van der Waals surface area contributed by atoms with E-state index in [0.717, 1.165) is 3.93 Å². The third-order valence-electron chi connectivity index (χ3n) is 0.516. The van der Waals surface area contributed by atoms with Crippen LogP contribution in [0.2, 0.25) is 3.93 Å². The zero-order valence-corrected chi connectivity index (χ0v) is 8.38. The van der Waals surface area contributed by atoms with Crippen LogP contribution >= 0.6 is 0 Å². The molecule has 42 valence electrons. The van der Waals surface area contributed by atoms with E-state index in [0.29, 0.717) is 0 Å². The normalized spacial score (nSPS) is 11.1. The Morgan fingerprint density at radius 2 is 1.71 bits per heavy atom. The van der Waals surface area contributed by atoms with Crippen molar-refractivity contribution in [3.63, 3.8) is 0 Å². The Balaban J connectivity index is 2.95. The molecule has 0 heterocycles. The second-order valence-electron chi connectivity index (χ2n) is 2.18. The first-order chi connectivity index (χ1) is 3.13. The quantitative estimate of drug-likeness (QED) is 0.609. The van der Waals surface area contributed by atoms with Gasteiger partial charge in [0.1, 0.15) is 0 Å². The topological polar surface area (TPSA) is 3.24 Å². The Hall–Kier alpha value is 0.759. The van der Waals surface area contributed by atoms with Gasteiger partial charge >= 0.3 is 56.4 Å². The van der Waals surface area contributed by atoms with Crippen molar-refractivity contribution in [2.24, 2.45) is 0 Å². The SMILES string of the molecule is C[CH](C)[Sn][N](C)C. The average molecular weight is 206 g/mol. The zero-order valence-electron chi connectivity index (χ0n) is 5.52. The standard InChI is InChI=1S/C3H7.C2H6N.Sn/c2*1-3-2;/h3H,1-2H3;1-2H3;/q;-1;+1. The average Bonchev–Trinajstić information content (AvgIpc) is 1.27. The van der Waals surface area contributed by atoms with E-state index in [1.807, 2.05) is 0 Å². The van der Waals surface area contributed by atoms with Crippen molar-refractivity contribution < 1.29 is 0 Å². The Bertz CT molecular complexity index is 37.3. The number of hydrogen-bond donors (Lipinski definition) is 0. The molecule has 0 rings (SSSR count). The molecule has 0 saturated carbocycles. The minimum atomic E-state index is -0.128. The van der Waals surface area contributed by atoms with Crippen LogP contribution in [0, 0.1) is 0 Å². The molecule has 0 amide bonds. The summed E-state index contributed by atoms with van der Waals surface area (Å²) in [6.07, 6.45) is 0. The fourth-order valence-corrected chi connectivity index (χ4v) is 3.46. The van der Waals surface area contributed by atoms with Crippen molar-refractivity contribution in [3.8, 4) is 0 Å². The molecular weight excluding hydrogens is 193 g/mol. The summed E-state index contributed by atoms with van der Waals surface area (Å²) in [6.45, 7) is 4.60. The molecule has 0 bridgehead atoms. The molecule has 0 fully saturated rings. The van der Waals surface area contributed by atoms with Crippen molar-refractivity contribution in [2.75, 3.05) is 14.1 Å². The Morgan fingerprint density at radius 3 is 1.71 bits per heavy atom. The van der Waals surface area contributed by atoms with Gasteiger partial charge in [-0.2, -0.15) is 0 Å². The third kappa shape index (κ3) is 6.76. The van der Waals surface area contributed by atoms with E-state index in [4.69, 9.17) is 0 Å². The summed E-state index contributed by atoms with van der Waals surface area (Å²) in [5.41, 5.74) is 0. The monoisotopic (exact) mass is 207 g/mol. The van der Waals surface area contributed by atoms with Gasteiger partial charge in [-0.05, 0) is 0 Å². The maximum absolute atomic E-state index is 2.37. The summed E-state index contributed by atoms with van der Waals surface area (Å²) < 4.78 is 3.34. The van der Waals surface area contributed by atoms with E-state index >= 15 is 0 Å². The van der Waals surface area contributed by atoms with Crippen LogP contribution in [-0.2, 0) is 0 Å². The first-order valence-corrected chi connectivity index (χ1v) is 5.49. The van der Waals surface area contributed by atoms with Crippen molar-refractivity contribution in [1.82, 2.24) is 3.12 Å². The van der Waals surface area contributed by atoms with Gasteiger partial charge in [0, 0.05) is 0 Å². The van der Waals surface area contributed by atoms with Gasteiger partial charge in [0.05, 0.1) is 0 Å². The molecule has 0 saturated heterocycles. The molecule has 0 aromatic heterocycles. The van der Waals surface area contributed by atoms with Gasteiger partial charge in [-0.3, -0.25) is 0 Å². The molecule has 7 heavy (non-hydrogen) atoms. The van der Waals surface area contributed by atoms with Crippen LogP contribution < -0.4 is 0 Å². The van der Waals surface area contributed by atoms with Gasteiger partial charge in [-0.25, -0.2) is 0 Å². The van der Waals surface area contributed by atoms with Gasteiger partial charge in [-0.15, -0.1) is 0 Å². The predicted octanol–water partition coefficient (Wildman–Crippen LogP) is 0.995. The maximum atomic E-state index is 2.37. The second-order valence-corrected chi connectivity index (χ2v) is 8.76. The molecule has 0 aliphatic rings. The van der Waals surface area contributed by atoms with Crippen LogP contribution in [0.1, 0.15) is 13.8 Å². The van der Waals surface area contributed by atoms with Crippen molar-refractivity contribution >= 4 is 21.4 Å². The number of hydrogen-bond acceptors (Lipinski definition) is 1. The predicted molar refractivity (Wildman–Crippen MR) is 34.5 cm³/mol. The molecule has 0 aromatic carbocycles. The summed E-state index contributed by atoms with van der Waals surface area (Å²) in [4.78, 5) is 0. The molecule has 0 unspecified atom stereocenters. The van der Waals surface area contributed by atoms with Crippen molar-refractivity contribution in [3.05, 3.63) is 0 Å². The van der Waals surface area contributed by atoms with E-state index in [-0.39, 0.29) is 21.4 Å². The molecule has 0 spiro atoms. The van der Waals surface area contributed by atoms with E-state index in [1.165, 1.54) is 0 Å². The Morgan fingerprint density at radius 1 is 1.29 bits per heavy atom. The molecule has 2 radical (unpaired) electrons. The Labute approximate surface area is 56.7 Å². The summed E-state index contributed by atoms with van der Waals surface area (Å²) >= 11 is -0.128. The molecule has 0 aliphatic heterocycles. The summed E-state index contributed by atoms with van der Waals surface area (Å²) in [5.74, 6) is 0. The third-order valence-corrected chi connectivity index (χ3v) is 3.46. The molecule has 0 aromatic rings. The Kier molecular flexibility index (Phi) is 4.13. The van der Waals surface area contributed by atoms with Gasteiger partial charge < -0.3 is 0 Å². The molecule has 1 nitrogen and oxygen atoms in total. The van der Waals surface area contributed by atoms with Gasteiger partial charge in [0.25, 0.3) is 0 Å². The van der Waals surface area contributed by atoms with E-state index < -0.39 is 0 Å². The first kappa shape index (κ1) is 7.76. The van der Waals surface area contributed by atoms with E-state index in [9.17, 15) is 0 Å². The van der Waals surface area contributed by atoms with Crippen LogP contribution in [-0.4, -0.2) is 38.6 Å². The molecule has 2 heteroatoms. The zero-order chi connectivity index (χ0) is 5.86. The summed E-state index contributed by atoms with van der Waals surface area (Å²) in [7, 11) is 4.35. The fourth-order valence-electron chi connectivity index (χ4n) is 0.516. The van der Waals surface area contributed by atoms with Crippen LogP contribution in [0.3, 0.4) is 0 Å². The fraction of sp³-hybridized carbons (Fsp3) is 1.00. The van der Waals surface area contributed by atoms with Crippen LogP contribution in [0.15, 0.2) is 0 Å². The van der Waals surface area contributed by atoms with Gasteiger partial charge in [-0.1, -0.05) is 0 Å². The van der Waals surface area contributed by atoms with Crippen molar-refractivity contribution in [1.29, 1.82) is 0 Å². The molecular formula is C5H13NSn. The second kappa shape index (κ2) is 3.72. The van der Waals surface area contributed by atoms with Crippen LogP contribution in [0.4, 0.5) is 0 Å². The van der Waals surface area contributed by atoms with Crippen LogP contribution in [0.5, 0.6) is 0 Å². The number of rotatable bonds is 2. The molecule has 0 N–H and O–H groups in total. The van der Waals surface area contributed by atoms with Crippen LogP contribution in [0.25, 0.3) is 0 Å². The van der Waals surface area contributed by atoms with Gasteiger partial charge in [0.2, 0.25) is 0 Å². The summed E-state index contributed by atoms with van der Waals surface area (Å²) in [6, 6.07) is 0. The first-order valence-electron chi connectivity index (χ1n) is 2.56. The van der Waals surface area contributed by atoms with Crippen molar-refractivity contribution in [2.45, 2.75) is 17.8 Å². The minimum absolute atomic E-state index is 0.128. The molecule has 0 aliphatic carbocycles. The number of nitrogens with zero attached hydrogens (tertiary/aromatic N) is 1. The van der Waals surface area contributed by atoms with Gasteiger partial charge in [0.15, 0.2) is 0 Å².